The Labute approximate surface area is 82.7 Å². The molecular formula is C11H13N3. The van der Waals surface area contributed by atoms with E-state index in [0.717, 1.165) is 16.5 Å². The van der Waals surface area contributed by atoms with Crippen molar-refractivity contribution < 1.29 is 0 Å². The van der Waals surface area contributed by atoms with Crippen LogP contribution in [0.25, 0.3) is 10.9 Å². The summed E-state index contributed by atoms with van der Waals surface area (Å²) in [6, 6.07) is 9.76. The third-order valence-electron chi connectivity index (χ3n) is 2.33. The van der Waals surface area contributed by atoms with E-state index in [1.165, 1.54) is 0 Å². The van der Waals surface area contributed by atoms with Crippen LogP contribution in [0.15, 0.2) is 36.5 Å². The van der Waals surface area contributed by atoms with Crippen LogP contribution in [0.5, 0.6) is 0 Å². The van der Waals surface area contributed by atoms with E-state index in [-0.39, 0.29) is 6.04 Å². The quantitative estimate of drug-likeness (QED) is 0.742. The van der Waals surface area contributed by atoms with Gasteiger partial charge in [-0.1, -0.05) is 18.2 Å². The minimum Gasteiger partial charge on any atom is -0.329 e. The van der Waals surface area contributed by atoms with Crippen molar-refractivity contribution >= 4 is 10.9 Å². The summed E-state index contributed by atoms with van der Waals surface area (Å²) in [5.74, 6) is 0. The van der Waals surface area contributed by atoms with Gasteiger partial charge in [-0.2, -0.15) is 0 Å². The smallest absolute Gasteiger partial charge is 0.0705 e. The Morgan fingerprint density at radius 2 is 2.07 bits per heavy atom. The van der Waals surface area contributed by atoms with Gasteiger partial charge in [0.2, 0.25) is 0 Å². The Balaban J connectivity index is 2.65. The molecule has 0 fully saturated rings. The van der Waals surface area contributed by atoms with E-state index >= 15 is 0 Å². The lowest BCUT2D eigenvalue weighted by Crippen LogP contribution is -2.20. The molecule has 1 atom stereocenters. The molecule has 0 radical (unpaired) electrons. The van der Waals surface area contributed by atoms with Crippen LogP contribution in [0.1, 0.15) is 11.6 Å². The van der Waals surface area contributed by atoms with Crippen molar-refractivity contribution in [3.05, 3.63) is 42.1 Å². The zero-order valence-corrected chi connectivity index (χ0v) is 7.85. The first-order valence-corrected chi connectivity index (χ1v) is 4.62. The van der Waals surface area contributed by atoms with Crippen LogP contribution in [-0.2, 0) is 0 Å². The van der Waals surface area contributed by atoms with Crippen molar-refractivity contribution in [2.24, 2.45) is 11.5 Å². The third kappa shape index (κ3) is 1.47. The van der Waals surface area contributed by atoms with Gasteiger partial charge in [-0.05, 0) is 17.7 Å². The van der Waals surface area contributed by atoms with Crippen LogP contribution in [0.3, 0.4) is 0 Å². The van der Waals surface area contributed by atoms with Crippen molar-refractivity contribution in [2.45, 2.75) is 6.04 Å². The molecule has 0 bridgehead atoms. The minimum absolute atomic E-state index is 0.108. The van der Waals surface area contributed by atoms with Gasteiger partial charge in [0.05, 0.1) is 5.52 Å². The number of benzene rings is 1. The number of aromatic nitrogens is 1. The third-order valence-corrected chi connectivity index (χ3v) is 2.33. The Morgan fingerprint density at radius 3 is 2.86 bits per heavy atom. The van der Waals surface area contributed by atoms with Gasteiger partial charge in [0.15, 0.2) is 0 Å². The van der Waals surface area contributed by atoms with Gasteiger partial charge in [-0.15, -0.1) is 0 Å². The van der Waals surface area contributed by atoms with Gasteiger partial charge in [0.25, 0.3) is 0 Å². The molecule has 0 spiro atoms. The van der Waals surface area contributed by atoms with Crippen molar-refractivity contribution in [3.8, 4) is 0 Å². The topological polar surface area (TPSA) is 64.9 Å². The summed E-state index contributed by atoms with van der Waals surface area (Å²) in [5.41, 5.74) is 13.5. The molecule has 2 aromatic rings. The number of hydrogen-bond donors (Lipinski definition) is 2. The van der Waals surface area contributed by atoms with Gasteiger partial charge < -0.3 is 11.5 Å². The zero-order valence-electron chi connectivity index (χ0n) is 7.85. The lowest BCUT2D eigenvalue weighted by molar-refractivity contribution is 0.743. The lowest BCUT2D eigenvalue weighted by Gasteiger charge is -2.11. The van der Waals surface area contributed by atoms with Crippen molar-refractivity contribution in [1.82, 2.24) is 4.98 Å². The summed E-state index contributed by atoms with van der Waals surface area (Å²) in [6.07, 6.45) is 1.78. The molecule has 0 unspecified atom stereocenters. The molecule has 0 aliphatic rings. The van der Waals surface area contributed by atoms with E-state index in [4.69, 9.17) is 11.5 Å². The molecule has 0 aliphatic carbocycles. The average Bonchev–Trinajstić information content (AvgIpc) is 2.27. The first kappa shape index (κ1) is 9.12. The molecule has 1 aromatic heterocycles. The number of fused-ring (bicyclic) bond motifs is 1. The number of hydrogen-bond acceptors (Lipinski definition) is 3. The second-order valence-electron chi connectivity index (χ2n) is 3.26. The van der Waals surface area contributed by atoms with E-state index in [9.17, 15) is 0 Å². The molecular weight excluding hydrogens is 174 g/mol. The molecule has 72 valence electrons. The first-order valence-electron chi connectivity index (χ1n) is 4.62. The highest BCUT2D eigenvalue weighted by Crippen LogP contribution is 2.20. The van der Waals surface area contributed by atoms with E-state index in [0.29, 0.717) is 6.54 Å². The van der Waals surface area contributed by atoms with Crippen LogP contribution in [-0.4, -0.2) is 11.5 Å². The van der Waals surface area contributed by atoms with Gasteiger partial charge in [-0.25, -0.2) is 0 Å². The van der Waals surface area contributed by atoms with E-state index in [1.54, 1.807) is 6.20 Å². The molecule has 3 heteroatoms. The normalized spacial score (nSPS) is 13.0. The second kappa shape index (κ2) is 3.74. The van der Waals surface area contributed by atoms with Crippen LogP contribution >= 0.6 is 0 Å². The molecule has 2 rings (SSSR count). The monoisotopic (exact) mass is 187 g/mol. The SMILES string of the molecule is NC[C@@H](N)c1cccc2ncccc12. The summed E-state index contributed by atoms with van der Waals surface area (Å²) < 4.78 is 0. The van der Waals surface area contributed by atoms with Crippen molar-refractivity contribution in [1.29, 1.82) is 0 Å². The van der Waals surface area contributed by atoms with Crippen LogP contribution < -0.4 is 11.5 Å². The van der Waals surface area contributed by atoms with Crippen molar-refractivity contribution in [3.63, 3.8) is 0 Å². The molecule has 0 aliphatic heterocycles. The largest absolute Gasteiger partial charge is 0.329 e. The standard InChI is InChI=1S/C11H13N3/c12-7-10(13)8-3-1-5-11-9(8)4-2-6-14-11/h1-6,10H,7,12-13H2/t10-/m1/s1. The summed E-state index contributed by atoms with van der Waals surface area (Å²) in [7, 11) is 0. The van der Waals surface area contributed by atoms with E-state index < -0.39 is 0 Å². The van der Waals surface area contributed by atoms with Crippen molar-refractivity contribution in [2.75, 3.05) is 6.54 Å². The fourth-order valence-corrected chi connectivity index (χ4v) is 1.58. The molecule has 1 heterocycles. The van der Waals surface area contributed by atoms with Gasteiger partial charge in [-0.3, -0.25) is 4.98 Å². The van der Waals surface area contributed by atoms with E-state index in [2.05, 4.69) is 4.98 Å². The van der Waals surface area contributed by atoms with E-state index in [1.807, 2.05) is 30.3 Å². The van der Waals surface area contributed by atoms with Crippen LogP contribution in [0, 0.1) is 0 Å². The zero-order chi connectivity index (χ0) is 9.97. The Kier molecular flexibility index (Phi) is 2.43. The molecule has 1 aromatic carbocycles. The summed E-state index contributed by atoms with van der Waals surface area (Å²) in [6.45, 7) is 0.452. The molecule has 0 saturated carbocycles. The average molecular weight is 187 g/mol. The van der Waals surface area contributed by atoms with Gasteiger partial charge in [0.1, 0.15) is 0 Å². The predicted molar refractivity (Wildman–Crippen MR) is 57.7 cm³/mol. The predicted octanol–water partition coefficient (Wildman–Crippen LogP) is 1.19. The maximum atomic E-state index is 5.91. The summed E-state index contributed by atoms with van der Waals surface area (Å²) in [5, 5.41) is 1.09. The Bertz CT molecular complexity index is 434. The Hall–Kier alpha value is -1.45. The number of nitrogens with two attached hydrogens (primary N) is 2. The highest BCUT2D eigenvalue weighted by atomic mass is 14.7. The molecule has 0 saturated heterocycles. The van der Waals surface area contributed by atoms with Crippen LogP contribution in [0.4, 0.5) is 0 Å². The van der Waals surface area contributed by atoms with Gasteiger partial charge >= 0.3 is 0 Å². The summed E-state index contributed by atoms with van der Waals surface area (Å²) in [4.78, 5) is 4.26. The molecule has 4 N–H and O–H groups in total. The fraction of sp³-hybridized carbons (Fsp3) is 0.182. The second-order valence-corrected chi connectivity index (χ2v) is 3.26. The summed E-state index contributed by atoms with van der Waals surface area (Å²) >= 11 is 0. The Morgan fingerprint density at radius 1 is 1.21 bits per heavy atom. The number of pyridine rings is 1. The fourth-order valence-electron chi connectivity index (χ4n) is 1.58. The highest BCUT2D eigenvalue weighted by Gasteiger charge is 2.07. The number of nitrogens with zero attached hydrogens (tertiary/aromatic N) is 1. The molecule has 3 nitrogen and oxygen atoms in total. The molecule has 14 heavy (non-hydrogen) atoms. The number of rotatable bonds is 2. The van der Waals surface area contributed by atoms with Gasteiger partial charge in [0, 0.05) is 24.2 Å². The highest BCUT2D eigenvalue weighted by molar-refractivity contribution is 5.82. The maximum Gasteiger partial charge on any atom is 0.0705 e. The lowest BCUT2D eigenvalue weighted by atomic mass is 10.0. The molecule has 0 amide bonds. The maximum absolute atomic E-state index is 5.91. The van der Waals surface area contributed by atoms with Crippen LogP contribution in [0.2, 0.25) is 0 Å². The first-order chi connectivity index (χ1) is 6.83. The minimum atomic E-state index is -0.108.